The second-order valence-electron chi connectivity index (χ2n) is 5.66. The van der Waals surface area contributed by atoms with Crippen LogP contribution in [0.25, 0.3) is 0 Å². The molecule has 0 aliphatic carbocycles. The highest BCUT2D eigenvalue weighted by atomic mass is 35.5. The molecule has 26 heavy (non-hydrogen) atoms. The van der Waals surface area contributed by atoms with Crippen LogP contribution < -0.4 is 21.3 Å². The van der Waals surface area contributed by atoms with E-state index in [0.717, 1.165) is 18.7 Å². The lowest BCUT2D eigenvalue weighted by Crippen LogP contribution is -2.43. The van der Waals surface area contributed by atoms with E-state index in [4.69, 9.17) is 0 Å². The highest BCUT2D eigenvalue weighted by molar-refractivity contribution is 5.98. The smallest absolute Gasteiger partial charge is 0.319 e. The summed E-state index contributed by atoms with van der Waals surface area (Å²) in [6.07, 6.45) is 0. The molecule has 0 saturated carbocycles. The van der Waals surface area contributed by atoms with Gasteiger partial charge in [0.25, 0.3) is 0 Å². The van der Waals surface area contributed by atoms with Crippen LogP contribution in [0.3, 0.4) is 0 Å². The van der Waals surface area contributed by atoms with Gasteiger partial charge >= 0.3 is 6.03 Å². The third kappa shape index (κ3) is 7.13. The van der Waals surface area contributed by atoms with Crippen molar-refractivity contribution in [2.45, 2.75) is 26.4 Å². The Bertz CT molecular complexity index is 710. The van der Waals surface area contributed by atoms with E-state index in [9.17, 15) is 9.59 Å². The van der Waals surface area contributed by atoms with Gasteiger partial charge in [0.05, 0.1) is 0 Å². The van der Waals surface area contributed by atoms with E-state index >= 15 is 0 Å². The Balaban J connectivity index is 0.00000338. The van der Waals surface area contributed by atoms with Crippen LogP contribution in [-0.2, 0) is 11.3 Å². The zero-order chi connectivity index (χ0) is 18.1. The van der Waals surface area contributed by atoms with E-state index in [1.54, 1.807) is 19.1 Å². The first kappa shape index (κ1) is 21.5. The number of carbonyl (C=O) groups is 2. The molecular formula is C19H25ClN4O2. The van der Waals surface area contributed by atoms with Crippen molar-refractivity contribution in [3.05, 3.63) is 60.2 Å². The van der Waals surface area contributed by atoms with E-state index in [1.807, 2.05) is 49.4 Å². The molecule has 140 valence electrons. The Morgan fingerprint density at radius 3 is 2.35 bits per heavy atom. The van der Waals surface area contributed by atoms with Gasteiger partial charge in [-0.1, -0.05) is 37.3 Å². The third-order valence-corrected chi connectivity index (χ3v) is 3.55. The predicted molar refractivity (Wildman–Crippen MR) is 108 cm³/mol. The first-order valence-electron chi connectivity index (χ1n) is 8.31. The molecular weight excluding hydrogens is 352 g/mol. The maximum Gasteiger partial charge on any atom is 0.319 e. The normalized spacial score (nSPS) is 11.0. The summed E-state index contributed by atoms with van der Waals surface area (Å²) in [7, 11) is 0. The van der Waals surface area contributed by atoms with Gasteiger partial charge in [0, 0.05) is 17.9 Å². The van der Waals surface area contributed by atoms with Crippen LogP contribution in [0.1, 0.15) is 19.4 Å². The van der Waals surface area contributed by atoms with E-state index < -0.39 is 12.1 Å². The molecule has 2 aromatic carbocycles. The van der Waals surface area contributed by atoms with Crippen molar-refractivity contribution in [2.75, 3.05) is 17.2 Å². The zero-order valence-electron chi connectivity index (χ0n) is 14.9. The number of nitrogens with one attached hydrogen (secondary N) is 4. The molecule has 0 heterocycles. The fourth-order valence-corrected chi connectivity index (χ4v) is 2.23. The maximum absolute atomic E-state index is 12.3. The Hall–Kier alpha value is -2.57. The quantitative estimate of drug-likeness (QED) is 0.598. The highest BCUT2D eigenvalue weighted by Crippen LogP contribution is 2.11. The van der Waals surface area contributed by atoms with Crippen molar-refractivity contribution < 1.29 is 9.59 Å². The first-order chi connectivity index (χ1) is 12.1. The predicted octanol–water partition coefficient (Wildman–Crippen LogP) is 3.37. The van der Waals surface area contributed by atoms with Crippen molar-refractivity contribution in [3.63, 3.8) is 0 Å². The maximum atomic E-state index is 12.3. The lowest BCUT2D eigenvalue weighted by atomic mass is 10.2. The molecule has 0 spiro atoms. The number of urea groups is 1. The summed E-state index contributed by atoms with van der Waals surface area (Å²) in [4.78, 5) is 24.2. The molecule has 2 rings (SSSR count). The molecule has 0 aromatic heterocycles. The minimum Gasteiger partial charge on any atom is -0.326 e. The van der Waals surface area contributed by atoms with Crippen LogP contribution in [-0.4, -0.2) is 24.5 Å². The number of hydrogen-bond acceptors (Lipinski definition) is 3. The summed E-state index contributed by atoms with van der Waals surface area (Å²) in [5.74, 6) is -0.274. The highest BCUT2D eigenvalue weighted by Gasteiger charge is 2.15. The largest absolute Gasteiger partial charge is 0.326 e. The number of carbonyl (C=O) groups excluding carboxylic acids is 2. The third-order valence-electron chi connectivity index (χ3n) is 3.55. The molecule has 2 aromatic rings. The Labute approximate surface area is 160 Å². The molecule has 6 nitrogen and oxygen atoms in total. The van der Waals surface area contributed by atoms with Crippen LogP contribution in [0.5, 0.6) is 0 Å². The van der Waals surface area contributed by atoms with Crippen LogP contribution in [0, 0.1) is 0 Å². The monoisotopic (exact) mass is 376 g/mol. The fourth-order valence-electron chi connectivity index (χ4n) is 2.23. The average molecular weight is 377 g/mol. The van der Waals surface area contributed by atoms with Crippen LogP contribution >= 0.6 is 12.4 Å². The van der Waals surface area contributed by atoms with E-state index in [2.05, 4.69) is 21.3 Å². The number of rotatable bonds is 7. The molecule has 0 fully saturated rings. The van der Waals surface area contributed by atoms with Crippen LogP contribution in [0.2, 0.25) is 0 Å². The summed E-state index contributed by atoms with van der Waals surface area (Å²) in [6, 6.07) is 15.6. The summed E-state index contributed by atoms with van der Waals surface area (Å²) in [5.41, 5.74) is 2.46. The van der Waals surface area contributed by atoms with Crippen molar-refractivity contribution in [3.8, 4) is 0 Å². The van der Waals surface area contributed by atoms with E-state index in [0.29, 0.717) is 11.4 Å². The van der Waals surface area contributed by atoms with Gasteiger partial charge in [0.2, 0.25) is 5.91 Å². The molecule has 1 atom stereocenters. The molecule has 0 saturated heterocycles. The molecule has 0 aliphatic heterocycles. The lowest BCUT2D eigenvalue weighted by molar-refractivity contribution is -0.117. The average Bonchev–Trinajstić information content (AvgIpc) is 2.61. The van der Waals surface area contributed by atoms with E-state index in [1.165, 1.54) is 0 Å². The SMILES string of the molecule is CCNCc1cccc(NC(=O)C(C)NC(=O)Nc2ccccc2)c1.Cl. The summed E-state index contributed by atoms with van der Waals surface area (Å²) < 4.78 is 0. The van der Waals surface area contributed by atoms with Crippen LogP contribution in [0.15, 0.2) is 54.6 Å². The molecule has 3 amide bonds. The summed E-state index contributed by atoms with van der Waals surface area (Å²) >= 11 is 0. The number of anilines is 2. The standard InChI is InChI=1S/C19H24N4O2.ClH/c1-3-20-13-15-8-7-11-17(12-15)22-18(24)14(2)21-19(25)23-16-9-5-4-6-10-16;/h4-12,14,20H,3,13H2,1-2H3,(H,22,24)(H2,21,23,25);1H. The van der Waals surface area contributed by atoms with Gasteiger partial charge < -0.3 is 21.3 Å². The van der Waals surface area contributed by atoms with Gasteiger partial charge in [-0.05, 0) is 43.3 Å². The molecule has 4 N–H and O–H groups in total. The Morgan fingerprint density at radius 2 is 1.65 bits per heavy atom. The van der Waals surface area contributed by atoms with Gasteiger partial charge in [0.15, 0.2) is 0 Å². The zero-order valence-corrected chi connectivity index (χ0v) is 15.7. The number of benzene rings is 2. The Kier molecular flexibility index (Phi) is 9.19. The summed E-state index contributed by atoms with van der Waals surface area (Å²) in [5, 5.41) is 11.4. The molecule has 0 bridgehead atoms. The second kappa shape index (κ2) is 11.1. The molecule has 1 unspecified atom stereocenters. The van der Waals surface area contributed by atoms with Crippen LogP contribution in [0.4, 0.5) is 16.2 Å². The molecule has 0 aliphatic rings. The van der Waals surface area contributed by atoms with Crippen molar-refractivity contribution in [1.82, 2.24) is 10.6 Å². The summed E-state index contributed by atoms with van der Waals surface area (Å²) in [6.45, 7) is 5.31. The topological polar surface area (TPSA) is 82.3 Å². The van der Waals surface area contributed by atoms with Crippen molar-refractivity contribution in [2.24, 2.45) is 0 Å². The number of para-hydroxylation sites is 1. The second-order valence-corrected chi connectivity index (χ2v) is 5.66. The lowest BCUT2D eigenvalue weighted by Gasteiger charge is -2.15. The van der Waals surface area contributed by atoms with Gasteiger partial charge in [0.1, 0.15) is 6.04 Å². The molecule has 7 heteroatoms. The first-order valence-corrected chi connectivity index (χ1v) is 8.31. The fraction of sp³-hybridized carbons (Fsp3) is 0.263. The van der Waals surface area contributed by atoms with Gasteiger partial charge in [-0.2, -0.15) is 0 Å². The van der Waals surface area contributed by atoms with Gasteiger partial charge in [-0.3, -0.25) is 4.79 Å². The Morgan fingerprint density at radius 1 is 0.962 bits per heavy atom. The minimum atomic E-state index is -0.666. The minimum absolute atomic E-state index is 0. The van der Waals surface area contributed by atoms with E-state index in [-0.39, 0.29) is 18.3 Å². The number of amides is 3. The van der Waals surface area contributed by atoms with Gasteiger partial charge in [-0.15, -0.1) is 12.4 Å². The number of halogens is 1. The number of hydrogen-bond donors (Lipinski definition) is 4. The van der Waals surface area contributed by atoms with Crippen molar-refractivity contribution in [1.29, 1.82) is 0 Å². The van der Waals surface area contributed by atoms with Crippen molar-refractivity contribution >= 4 is 35.7 Å². The van der Waals surface area contributed by atoms with Gasteiger partial charge in [-0.25, -0.2) is 4.79 Å². The molecule has 0 radical (unpaired) electrons.